The molecule has 29 heavy (non-hydrogen) atoms. The third kappa shape index (κ3) is 6.46. The minimum atomic E-state index is -0.367. The Bertz CT molecular complexity index is 952. The number of aromatic nitrogens is 2. The van der Waals surface area contributed by atoms with Gasteiger partial charge in [0.2, 0.25) is 5.91 Å². The van der Waals surface area contributed by atoms with E-state index in [0.29, 0.717) is 17.7 Å². The van der Waals surface area contributed by atoms with Crippen LogP contribution in [-0.4, -0.2) is 21.8 Å². The van der Waals surface area contributed by atoms with Gasteiger partial charge in [-0.25, -0.2) is 9.97 Å². The van der Waals surface area contributed by atoms with Crippen molar-refractivity contribution in [3.05, 3.63) is 77.0 Å². The summed E-state index contributed by atoms with van der Waals surface area (Å²) in [5, 5.41) is 0.738. The van der Waals surface area contributed by atoms with Crippen molar-refractivity contribution in [3.8, 4) is 0 Å². The fraction of sp³-hybridized carbons (Fsp3) is 0.238. The lowest BCUT2D eigenvalue weighted by atomic mass is 10.1. The summed E-state index contributed by atoms with van der Waals surface area (Å²) in [6.07, 6.45) is 2.27. The average Bonchev–Trinajstić information content (AvgIpc) is 3.22. The first-order valence-electron chi connectivity index (χ1n) is 9.15. The number of benzene rings is 1. The number of hydrazine groups is 1. The molecule has 3 aromatic rings. The molecule has 0 aliphatic carbocycles. The molecule has 0 saturated heterocycles. The molecule has 8 heteroatoms. The van der Waals surface area contributed by atoms with Gasteiger partial charge in [0.25, 0.3) is 5.91 Å². The predicted octanol–water partition coefficient (Wildman–Crippen LogP) is 3.37. The van der Waals surface area contributed by atoms with Gasteiger partial charge in [-0.2, -0.15) is 0 Å². The maximum absolute atomic E-state index is 12.2. The number of carbonyl (C=O) groups excluding carboxylic acids is 2. The SMILES string of the molecule is Cc1cc(C)nc(SCc2ccc(C(=O)NNC(=O)CCc3ccco3)cc2)n1. The van der Waals surface area contributed by atoms with Crippen molar-refractivity contribution >= 4 is 23.6 Å². The molecule has 2 N–H and O–H groups in total. The Morgan fingerprint density at radius 1 is 1.03 bits per heavy atom. The summed E-state index contributed by atoms with van der Waals surface area (Å²) in [4.78, 5) is 32.8. The van der Waals surface area contributed by atoms with Gasteiger partial charge in [0, 0.05) is 35.5 Å². The van der Waals surface area contributed by atoms with Crippen molar-refractivity contribution in [2.45, 2.75) is 37.6 Å². The number of rotatable bonds is 7. The molecule has 0 bridgehead atoms. The summed E-state index contributed by atoms with van der Waals surface area (Å²) < 4.78 is 5.17. The molecular weight excluding hydrogens is 388 g/mol. The number of aryl methyl sites for hydroxylation is 3. The van der Waals surface area contributed by atoms with Crippen molar-refractivity contribution in [1.29, 1.82) is 0 Å². The first kappa shape index (κ1) is 20.6. The molecule has 3 rings (SSSR count). The van der Waals surface area contributed by atoms with Crippen molar-refractivity contribution in [3.63, 3.8) is 0 Å². The first-order valence-corrected chi connectivity index (χ1v) is 10.1. The minimum absolute atomic E-state index is 0.227. The maximum Gasteiger partial charge on any atom is 0.269 e. The van der Waals surface area contributed by atoms with Crippen LogP contribution < -0.4 is 10.9 Å². The van der Waals surface area contributed by atoms with Crippen molar-refractivity contribution in [2.24, 2.45) is 0 Å². The monoisotopic (exact) mass is 410 g/mol. The number of nitrogens with one attached hydrogen (secondary N) is 2. The normalized spacial score (nSPS) is 10.6. The molecule has 0 spiro atoms. The number of amides is 2. The van der Waals surface area contributed by atoms with Crippen LogP contribution in [0, 0.1) is 13.8 Å². The van der Waals surface area contributed by atoms with Crippen molar-refractivity contribution in [2.75, 3.05) is 0 Å². The molecule has 0 saturated carbocycles. The van der Waals surface area contributed by atoms with E-state index in [1.165, 1.54) is 0 Å². The zero-order valence-corrected chi connectivity index (χ0v) is 17.1. The van der Waals surface area contributed by atoms with E-state index in [2.05, 4.69) is 20.8 Å². The van der Waals surface area contributed by atoms with Gasteiger partial charge < -0.3 is 4.42 Å². The number of thioether (sulfide) groups is 1. The van der Waals surface area contributed by atoms with Crippen molar-refractivity contribution in [1.82, 2.24) is 20.8 Å². The van der Waals surface area contributed by atoms with Gasteiger partial charge in [-0.1, -0.05) is 23.9 Å². The zero-order valence-electron chi connectivity index (χ0n) is 16.3. The van der Waals surface area contributed by atoms with Crippen LogP contribution in [0.1, 0.15) is 39.5 Å². The summed E-state index contributed by atoms with van der Waals surface area (Å²) in [6, 6.07) is 12.7. The Kier molecular flexibility index (Phi) is 7.02. The number of nitrogens with zero attached hydrogens (tertiary/aromatic N) is 2. The molecule has 2 heterocycles. The van der Waals surface area contributed by atoms with E-state index in [-0.39, 0.29) is 18.2 Å². The van der Waals surface area contributed by atoms with E-state index in [1.807, 2.05) is 32.0 Å². The Morgan fingerprint density at radius 3 is 2.41 bits per heavy atom. The molecule has 0 atom stereocenters. The van der Waals surface area contributed by atoms with Gasteiger partial charge in [-0.3, -0.25) is 20.4 Å². The summed E-state index contributed by atoms with van der Waals surface area (Å²) in [5.74, 6) is 0.782. The standard InChI is InChI=1S/C21H22N4O3S/c1-14-12-15(2)23-21(22-14)29-13-16-5-7-17(8-6-16)20(27)25-24-19(26)10-9-18-4-3-11-28-18/h3-8,11-12H,9-10,13H2,1-2H3,(H,24,26)(H,25,27). The molecule has 0 fully saturated rings. The van der Waals surface area contributed by atoms with Crippen LogP contribution in [0.2, 0.25) is 0 Å². The van der Waals surface area contributed by atoms with Gasteiger partial charge in [0.1, 0.15) is 5.76 Å². The van der Waals surface area contributed by atoms with Gasteiger partial charge in [0.15, 0.2) is 5.16 Å². The highest BCUT2D eigenvalue weighted by atomic mass is 32.2. The van der Waals surface area contributed by atoms with E-state index in [0.717, 1.165) is 27.9 Å². The van der Waals surface area contributed by atoms with Gasteiger partial charge in [-0.15, -0.1) is 0 Å². The van der Waals surface area contributed by atoms with Crippen LogP contribution in [0.25, 0.3) is 0 Å². The topological polar surface area (TPSA) is 97.1 Å². The molecule has 0 aliphatic rings. The summed E-state index contributed by atoms with van der Waals surface area (Å²) in [5.41, 5.74) is 8.24. The molecule has 2 aromatic heterocycles. The van der Waals surface area contributed by atoms with Gasteiger partial charge >= 0.3 is 0 Å². The second-order valence-corrected chi connectivity index (χ2v) is 7.44. The predicted molar refractivity (Wildman–Crippen MR) is 110 cm³/mol. The molecule has 1 aromatic carbocycles. The van der Waals surface area contributed by atoms with Gasteiger partial charge in [0.05, 0.1) is 6.26 Å². The highest BCUT2D eigenvalue weighted by Crippen LogP contribution is 2.20. The maximum atomic E-state index is 12.2. The second kappa shape index (κ2) is 9.88. The molecule has 0 aliphatic heterocycles. The Balaban J connectivity index is 1.45. The zero-order chi connectivity index (χ0) is 20.6. The quantitative estimate of drug-likeness (QED) is 0.352. The molecule has 150 valence electrons. The highest BCUT2D eigenvalue weighted by molar-refractivity contribution is 7.98. The van der Waals surface area contributed by atoms with E-state index < -0.39 is 0 Å². The number of hydrogen-bond donors (Lipinski definition) is 2. The summed E-state index contributed by atoms with van der Waals surface area (Å²) in [6.45, 7) is 3.89. The van der Waals surface area contributed by atoms with E-state index in [1.54, 1.807) is 42.3 Å². The summed E-state index contributed by atoms with van der Waals surface area (Å²) in [7, 11) is 0. The van der Waals surface area contributed by atoms with Crippen LogP contribution >= 0.6 is 11.8 Å². The number of carbonyl (C=O) groups is 2. The van der Waals surface area contributed by atoms with Crippen LogP contribution in [0.3, 0.4) is 0 Å². The lowest BCUT2D eigenvalue weighted by molar-refractivity contribution is -0.121. The third-order valence-corrected chi connectivity index (χ3v) is 4.96. The first-order chi connectivity index (χ1) is 14.0. The van der Waals surface area contributed by atoms with Crippen LogP contribution in [-0.2, 0) is 17.0 Å². The second-order valence-electron chi connectivity index (χ2n) is 6.50. The fourth-order valence-electron chi connectivity index (χ4n) is 2.61. The van der Waals surface area contributed by atoms with Gasteiger partial charge in [-0.05, 0) is 49.7 Å². The van der Waals surface area contributed by atoms with E-state index in [9.17, 15) is 9.59 Å². The van der Waals surface area contributed by atoms with E-state index >= 15 is 0 Å². The largest absolute Gasteiger partial charge is 0.469 e. The third-order valence-electron chi connectivity index (χ3n) is 4.04. The van der Waals surface area contributed by atoms with Crippen LogP contribution in [0.5, 0.6) is 0 Å². The average molecular weight is 410 g/mol. The number of hydrogen-bond acceptors (Lipinski definition) is 6. The molecular formula is C21H22N4O3S. The molecule has 0 radical (unpaired) electrons. The molecule has 7 nitrogen and oxygen atoms in total. The Labute approximate surface area is 173 Å². The fourth-order valence-corrected chi connectivity index (χ4v) is 3.52. The van der Waals surface area contributed by atoms with Crippen molar-refractivity contribution < 1.29 is 14.0 Å². The van der Waals surface area contributed by atoms with Crippen LogP contribution in [0.15, 0.2) is 58.3 Å². The van der Waals surface area contributed by atoms with Crippen LogP contribution in [0.4, 0.5) is 0 Å². The minimum Gasteiger partial charge on any atom is -0.469 e. The lowest BCUT2D eigenvalue weighted by Crippen LogP contribution is -2.41. The molecule has 0 unspecified atom stereocenters. The Morgan fingerprint density at radius 2 is 1.76 bits per heavy atom. The van der Waals surface area contributed by atoms with E-state index in [4.69, 9.17) is 4.42 Å². The smallest absolute Gasteiger partial charge is 0.269 e. The lowest BCUT2D eigenvalue weighted by Gasteiger charge is -2.08. The molecule has 2 amide bonds. The summed E-state index contributed by atoms with van der Waals surface area (Å²) >= 11 is 1.55. The Hall–Kier alpha value is -3.13. The number of furan rings is 1. The highest BCUT2D eigenvalue weighted by Gasteiger charge is 2.09.